The number of pyridine rings is 1. The number of nitrogens with zero attached hydrogens (tertiary/aromatic N) is 5. The summed E-state index contributed by atoms with van der Waals surface area (Å²) in [5, 5.41) is 24.0. The number of nitrogens with one attached hydrogen (secondary N) is 1. The first-order chi connectivity index (χ1) is 11.8. The fourth-order valence-electron chi connectivity index (χ4n) is 1.97. The minimum Gasteiger partial charge on any atom is -0.276 e. The van der Waals surface area contributed by atoms with Crippen LogP contribution in [0.15, 0.2) is 59.3 Å². The van der Waals surface area contributed by atoms with E-state index in [1.165, 1.54) is 11.3 Å². The van der Waals surface area contributed by atoms with Crippen molar-refractivity contribution >= 4 is 22.7 Å². The van der Waals surface area contributed by atoms with Crippen molar-refractivity contribution in [2.45, 2.75) is 0 Å². The van der Waals surface area contributed by atoms with Gasteiger partial charge in [-0.3, -0.25) is 10.4 Å². The number of hydrogen-bond donors (Lipinski definition) is 1. The lowest BCUT2D eigenvalue weighted by Crippen LogP contribution is -1.96. The summed E-state index contributed by atoms with van der Waals surface area (Å²) < 4.78 is 0. The highest BCUT2D eigenvalue weighted by atomic mass is 32.1. The van der Waals surface area contributed by atoms with Gasteiger partial charge < -0.3 is 0 Å². The Kier molecular flexibility index (Phi) is 4.57. The van der Waals surface area contributed by atoms with E-state index in [9.17, 15) is 0 Å². The number of benzene rings is 1. The first kappa shape index (κ1) is 15.3. The molecule has 2 aromatic heterocycles. The summed E-state index contributed by atoms with van der Waals surface area (Å²) in [5.41, 5.74) is 5.91. The topological polar surface area (TPSA) is 97.8 Å². The number of nitriles is 2. The maximum atomic E-state index is 8.69. The Hall–Kier alpha value is -3.55. The van der Waals surface area contributed by atoms with Crippen molar-refractivity contribution in [1.82, 2.24) is 9.97 Å². The molecule has 0 aliphatic carbocycles. The van der Waals surface area contributed by atoms with Crippen LogP contribution in [0.3, 0.4) is 0 Å². The number of thiazole rings is 1. The molecule has 3 rings (SSSR count). The average molecular weight is 330 g/mol. The van der Waals surface area contributed by atoms with Crippen molar-refractivity contribution < 1.29 is 0 Å². The van der Waals surface area contributed by atoms with Gasteiger partial charge in [0.15, 0.2) is 0 Å². The highest BCUT2D eigenvalue weighted by Crippen LogP contribution is 2.29. The van der Waals surface area contributed by atoms with E-state index >= 15 is 0 Å². The largest absolute Gasteiger partial charge is 0.276 e. The van der Waals surface area contributed by atoms with E-state index in [0.29, 0.717) is 5.69 Å². The van der Waals surface area contributed by atoms with Gasteiger partial charge in [-0.2, -0.15) is 15.6 Å². The van der Waals surface area contributed by atoms with Gasteiger partial charge in [0.2, 0.25) is 5.71 Å². The number of rotatable bonds is 4. The molecule has 0 aliphatic rings. The fourth-order valence-corrected chi connectivity index (χ4v) is 2.80. The van der Waals surface area contributed by atoms with Crippen LogP contribution in [0.4, 0.5) is 5.69 Å². The molecular formula is C17H10N6S. The molecule has 0 aliphatic heterocycles. The van der Waals surface area contributed by atoms with E-state index < -0.39 is 0 Å². The number of anilines is 1. The molecule has 0 spiro atoms. The number of aromatic nitrogens is 2. The third kappa shape index (κ3) is 3.43. The van der Waals surface area contributed by atoms with Gasteiger partial charge in [0, 0.05) is 28.9 Å². The molecule has 1 N–H and O–H groups in total. The molecule has 0 atom stereocenters. The highest BCUT2D eigenvalue weighted by molar-refractivity contribution is 7.13. The maximum absolute atomic E-state index is 8.69. The van der Waals surface area contributed by atoms with Gasteiger partial charge in [0.1, 0.15) is 17.1 Å². The molecule has 0 saturated carbocycles. The second-order valence-corrected chi connectivity index (χ2v) is 5.51. The van der Waals surface area contributed by atoms with Crippen molar-refractivity contribution in [3.63, 3.8) is 0 Å². The summed E-state index contributed by atoms with van der Waals surface area (Å²) in [6.07, 6.45) is 3.50. The van der Waals surface area contributed by atoms with E-state index in [4.69, 9.17) is 10.5 Å². The van der Waals surface area contributed by atoms with E-state index in [2.05, 4.69) is 20.5 Å². The number of hydrazone groups is 1. The van der Waals surface area contributed by atoms with Crippen LogP contribution in [-0.2, 0) is 0 Å². The minimum atomic E-state index is -0.228. The zero-order chi connectivity index (χ0) is 16.8. The SMILES string of the molecule is N#CC(C#N)=NNc1cccc(-c2nc(-c3cccnc3)cs2)c1. The van der Waals surface area contributed by atoms with Crippen molar-refractivity contribution in [3.05, 3.63) is 54.2 Å². The van der Waals surface area contributed by atoms with Crippen LogP contribution in [0.2, 0.25) is 0 Å². The molecule has 0 amide bonds. The van der Waals surface area contributed by atoms with Crippen molar-refractivity contribution in [1.29, 1.82) is 10.5 Å². The van der Waals surface area contributed by atoms with E-state index in [1.54, 1.807) is 30.6 Å². The molecule has 0 bridgehead atoms. The first-order valence-electron chi connectivity index (χ1n) is 6.90. The molecule has 0 fully saturated rings. The lowest BCUT2D eigenvalue weighted by molar-refractivity contribution is 1.30. The third-order valence-electron chi connectivity index (χ3n) is 3.08. The Morgan fingerprint density at radius 3 is 2.71 bits per heavy atom. The zero-order valence-electron chi connectivity index (χ0n) is 12.3. The summed E-state index contributed by atoms with van der Waals surface area (Å²) >= 11 is 1.53. The van der Waals surface area contributed by atoms with Crippen LogP contribution in [0.5, 0.6) is 0 Å². The van der Waals surface area contributed by atoms with Crippen molar-refractivity contribution in [3.8, 4) is 34.0 Å². The predicted molar refractivity (Wildman–Crippen MR) is 93.1 cm³/mol. The van der Waals surface area contributed by atoms with Gasteiger partial charge in [-0.05, 0) is 24.3 Å². The minimum absolute atomic E-state index is 0.228. The second-order valence-electron chi connectivity index (χ2n) is 4.66. The molecule has 0 saturated heterocycles. The monoisotopic (exact) mass is 330 g/mol. The Bertz CT molecular complexity index is 946. The van der Waals surface area contributed by atoms with Crippen LogP contribution < -0.4 is 5.43 Å². The van der Waals surface area contributed by atoms with Crippen molar-refractivity contribution in [2.75, 3.05) is 5.43 Å². The van der Waals surface area contributed by atoms with Gasteiger partial charge in [-0.15, -0.1) is 11.3 Å². The zero-order valence-corrected chi connectivity index (χ0v) is 13.2. The summed E-state index contributed by atoms with van der Waals surface area (Å²) in [6, 6.07) is 14.7. The third-order valence-corrected chi connectivity index (χ3v) is 3.97. The fraction of sp³-hybridized carbons (Fsp3) is 0. The Balaban J connectivity index is 1.85. The summed E-state index contributed by atoms with van der Waals surface area (Å²) in [6.45, 7) is 0. The highest BCUT2D eigenvalue weighted by Gasteiger charge is 2.07. The van der Waals surface area contributed by atoms with Crippen LogP contribution in [0.1, 0.15) is 0 Å². The molecule has 0 radical (unpaired) electrons. The second kappa shape index (κ2) is 7.14. The normalized spacial score (nSPS) is 9.58. The lowest BCUT2D eigenvalue weighted by Gasteiger charge is -2.02. The molecule has 24 heavy (non-hydrogen) atoms. The molecule has 1 aromatic carbocycles. The standard InChI is InChI=1S/C17H10N6S/c18-8-15(9-19)23-22-14-5-1-3-12(7-14)17-21-16(11-24-17)13-4-2-6-20-10-13/h1-7,10-11,22H. The van der Waals surface area contributed by atoms with Crippen molar-refractivity contribution in [2.24, 2.45) is 5.10 Å². The Morgan fingerprint density at radius 1 is 1.12 bits per heavy atom. The Labute approximate surface area is 142 Å². The Morgan fingerprint density at radius 2 is 1.96 bits per heavy atom. The van der Waals surface area contributed by atoms with Crippen LogP contribution in [-0.4, -0.2) is 15.7 Å². The van der Waals surface area contributed by atoms with E-state index in [0.717, 1.165) is 21.8 Å². The maximum Gasteiger partial charge on any atom is 0.237 e. The molecular weight excluding hydrogens is 320 g/mol. The quantitative estimate of drug-likeness (QED) is 0.581. The molecule has 7 heteroatoms. The van der Waals surface area contributed by atoms with Crippen LogP contribution >= 0.6 is 11.3 Å². The van der Waals surface area contributed by atoms with Crippen LogP contribution in [0, 0.1) is 22.7 Å². The summed E-state index contributed by atoms with van der Waals surface area (Å²) in [7, 11) is 0. The summed E-state index contributed by atoms with van der Waals surface area (Å²) in [4.78, 5) is 8.73. The lowest BCUT2D eigenvalue weighted by atomic mass is 10.2. The van der Waals surface area contributed by atoms with E-state index in [-0.39, 0.29) is 5.71 Å². The van der Waals surface area contributed by atoms with Gasteiger partial charge in [-0.25, -0.2) is 4.98 Å². The van der Waals surface area contributed by atoms with Gasteiger partial charge in [0.25, 0.3) is 0 Å². The molecule has 114 valence electrons. The van der Waals surface area contributed by atoms with Gasteiger partial charge >= 0.3 is 0 Å². The molecule has 2 heterocycles. The molecule has 6 nitrogen and oxygen atoms in total. The smallest absolute Gasteiger partial charge is 0.237 e. The van der Waals surface area contributed by atoms with Gasteiger partial charge in [-0.1, -0.05) is 12.1 Å². The molecule has 3 aromatic rings. The summed E-state index contributed by atoms with van der Waals surface area (Å²) in [5.74, 6) is 0. The van der Waals surface area contributed by atoms with E-state index in [1.807, 2.05) is 35.7 Å². The average Bonchev–Trinajstić information content (AvgIpc) is 3.14. The molecule has 0 unspecified atom stereocenters. The predicted octanol–water partition coefficient (Wildman–Crippen LogP) is 3.69. The number of hydrogen-bond acceptors (Lipinski definition) is 7. The first-order valence-corrected chi connectivity index (χ1v) is 7.78. The van der Waals surface area contributed by atoms with Crippen LogP contribution in [0.25, 0.3) is 21.8 Å². The van der Waals surface area contributed by atoms with Gasteiger partial charge in [0.05, 0.1) is 11.4 Å².